The molecule has 0 unspecified atom stereocenters. The standard InChI is InChI=1S/C20H22ClN3O3/c1-13-8-17(9-19(25)24(13)16-6-7-16)27-18-11-23(12-18)20(26)22-10-14-2-4-15(21)5-3-14/h2-5,8-9,16,18H,6-7,10-12H2,1H3,(H,22,26). The molecule has 1 aliphatic carbocycles. The number of hydrogen-bond donors (Lipinski definition) is 1. The van der Waals surface area contributed by atoms with Crippen LogP contribution in [0.3, 0.4) is 0 Å². The zero-order valence-electron chi connectivity index (χ0n) is 15.2. The maximum atomic E-state index is 12.2. The summed E-state index contributed by atoms with van der Waals surface area (Å²) < 4.78 is 7.71. The van der Waals surface area contributed by atoms with Gasteiger partial charge in [0.05, 0.1) is 13.1 Å². The van der Waals surface area contributed by atoms with E-state index < -0.39 is 0 Å². The Morgan fingerprint density at radius 3 is 2.56 bits per heavy atom. The summed E-state index contributed by atoms with van der Waals surface area (Å²) in [4.78, 5) is 26.1. The Morgan fingerprint density at radius 1 is 1.22 bits per heavy atom. The van der Waals surface area contributed by atoms with Crippen LogP contribution in [-0.2, 0) is 6.54 Å². The Balaban J connectivity index is 1.26. The predicted molar refractivity (Wildman–Crippen MR) is 103 cm³/mol. The molecule has 2 aliphatic rings. The summed E-state index contributed by atoms with van der Waals surface area (Å²) in [7, 11) is 0. The third-order valence-corrected chi connectivity index (χ3v) is 5.19. The van der Waals surface area contributed by atoms with Crippen LogP contribution in [0.5, 0.6) is 5.75 Å². The van der Waals surface area contributed by atoms with Gasteiger partial charge in [-0.3, -0.25) is 4.79 Å². The Labute approximate surface area is 162 Å². The number of aromatic nitrogens is 1. The van der Waals surface area contributed by atoms with Crippen molar-refractivity contribution in [2.24, 2.45) is 0 Å². The Hall–Kier alpha value is -2.47. The highest BCUT2D eigenvalue weighted by atomic mass is 35.5. The summed E-state index contributed by atoms with van der Waals surface area (Å²) in [5.74, 6) is 0.584. The van der Waals surface area contributed by atoms with Crippen molar-refractivity contribution in [1.82, 2.24) is 14.8 Å². The lowest BCUT2D eigenvalue weighted by Crippen LogP contribution is -2.58. The number of aryl methyl sites for hydroxylation is 1. The molecule has 1 aromatic heterocycles. The maximum absolute atomic E-state index is 12.2. The van der Waals surface area contributed by atoms with Crippen LogP contribution in [0.4, 0.5) is 4.79 Å². The van der Waals surface area contributed by atoms with Gasteiger partial charge in [-0.2, -0.15) is 0 Å². The lowest BCUT2D eigenvalue weighted by molar-refractivity contribution is 0.0441. The Kier molecular flexibility index (Phi) is 4.83. The second-order valence-corrected chi connectivity index (χ2v) is 7.64. The van der Waals surface area contributed by atoms with Crippen LogP contribution < -0.4 is 15.6 Å². The van der Waals surface area contributed by atoms with Gasteiger partial charge in [-0.25, -0.2) is 4.79 Å². The van der Waals surface area contributed by atoms with Gasteiger partial charge in [0.2, 0.25) is 0 Å². The molecule has 1 aromatic carbocycles. The lowest BCUT2D eigenvalue weighted by atomic mass is 10.2. The van der Waals surface area contributed by atoms with Gasteiger partial charge < -0.3 is 19.5 Å². The highest BCUT2D eigenvalue weighted by Gasteiger charge is 2.33. The minimum absolute atomic E-state index is 0.00983. The Bertz CT molecular complexity index is 900. The van der Waals surface area contributed by atoms with Crippen LogP contribution in [0.15, 0.2) is 41.2 Å². The zero-order chi connectivity index (χ0) is 19.0. The van der Waals surface area contributed by atoms with Gasteiger partial charge in [0.1, 0.15) is 11.9 Å². The number of rotatable bonds is 5. The van der Waals surface area contributed by atoms with Crippen molar-refractivity contribution in [3.8, 4) is 5.75 Å². The van der Waals surface area contributed by atoms with E-state index in [9.17, 15) is 9.59 Å². The summed E-state index contributed by atoms with van der Waals surface area (Å²) in [6.45, 7) is 3.41. The number of pyridine rings is 1. The van der Waals surface area contributed by atoms with E-state index in [1.807, 2.05) is 29.7 Å². The van der Waals surface area contributed by atoms with Crippen LogP contribution in [-0.4, -0.2) is 34.7 Å². The van der Waals surface area contributed by atoms with Gasteiger partial charge in [0.15, 0.2) is 0 Å². The van der Waals surface area contributed by atoms with E-state index in [1.54, 1.807) is 23.1 Å². The smallest absolute Gasteiger partial charge is 0.317 e. The highest BCUT2D eigenvalue weighted by molar-refractivity contribution is 6.30. The van der Waals surface area contributed by atoms with Crippen molar-refractivity contribution in [1.29, 1.82) is 0 Å². The number of benzene rings is 1. The van der Waals surface area contributed by atoms with E-state index >= 15 is 0 Å². The summed E-state index contributed by atoms with van der Waals surface area (Å²) in [5.41, 5.74) is 1.91. The topological polar surface area (TPSA) is 63.6 Å². The Morgan fingerprint density at radius 2 is 1.93 bits per heavy atom. The number of carbonyl (C=O) groups excluding carboxylic acids is 1. The number of nitrogens with one attached hydrogen (secondary N) is 1. The number of ether oxygens (including phenoxy) is 1. The van der Waals surface area contributed by atoms with Gasteiger partial charge in [-0.1, -0.05) is 23.7 Å². The average molecular weight is 388 g/mol. The quantitative estimate of drug-likeness (QED) is 0.857. The minimum Gasteiger partial charge on any atom is -0.486 e. The molecule has 1 aliphatic heterocycles. The monoisotopic (exact) mass is 387 g/mol. The number of nitrogens with zero attached hydrogens (tertiary/aromatic N) is 2. The molecule has 2 amide bonds. The summed E-state index contributed by atoms with van der Waals surface area (Å²) in [6, 6.07) is 11.1. The molecule has 6 nitrogen and oxygen atoms in total. The number of urea groups is 1. The first kappa shape index (κ1) is 17.9. The molecule has 1 saturated carbocycles. The first-order chi connectivity index (χ1) is 13.0. The van der Waals surface area contributed by atoms with Crippen LogP contribution in [0.25, 0.3) is 0 Å². The second-order valence-electron chi connectivity index (χ2n) is 7.20. The highest BCUT2D eigenvalue weighted by Crippen LogP contribution is 2.35. The van der Waals surface area contributed by atoms with Gasteiger partial charge in [-0.15, -0.1) is 0 Å². The third-order valence-electron chi connectivity index (χ3n) is 4.94. The number of halogens is 1. The molecule has 2 aromatic rings. The molecule has 7 heteroatoms. The molecule has 142 valence electrons. The van der Waals surface area contributed by atoms with Crippen LogP contribution in [0.1, 0.15) is 30.1 Å². The largest absolute Gasteiger partial charge is 0.486 e. The third kappa shape index (κ3) is 4.11. The fraction of sp³-hybridized carbons (Fsp3) is 0.400. The average Bonchev–Trinajstić information content (AvgIpc) is 3.41. The number of likely N-dealkylation sites (tertiary alicyclic amines) is 1. The summed E-state index contributed by atoms with van der Waals surface area (Å²) in [5, 5.41) is 3.56. The second kappa shape index (κ2) is 7.27. The molecule has 0 atom stereocenters. The van der Waals surface area contributed by atoms with E-state index in [4.69, 9.17) is 16.3 Å². The van der Waals surface area contributed by atoms with Crippen molar-refractivity contribution >= 4 is 17.6 Å². The van der Waals surface area contributed by atoms with Crippen molar-refractivity contribution in [3.63, 3.8) is 0 Å². The van der Waals surface area contributed by atoms with Crippen LogP contribution >= 0.6 is 11.6 Å². The number of amides is 2. The molecule has 1 saturated heterocycles. The van der Waals surface area contributed by atoms with E-state index in [-0.39, 0.29) is 17.7 Å². The molecule has 4 rings (SSSR count). The molecule has 0 bridgehead atoms. The molecular formula is C20H22ClN3O3. The normalized spacial score (nSPS) is 16.7. The van der Waals surface area contributed by atoms with Crippen molar-refractivity contribution in [3.05, 3.63) is 63.0 Å². The first-order valence-corrected chi connectivity index (χ1v) is 9.54. The maximum Gasteiger partial charge on any atom is 0.317 e. The fourth-order valence-corrected chi connectivity index (χ4v) is 3.44. The fourth-order valence-electron chi connectivity index (χ4n) is 3.31. The lowest BCUT2D eigenvalue weighted by Gasteiger charge is -2.38. The number of carbonyl (C=O) groups is 1. The van der Waals surface area contributed by atoms with E-state index in [0.29, 0.717) is 36.4 Å². The number of hydrogen-bond acceptors (Lipinski definition) is 3. The molecular weight excluding hydrogens is 366 g/mol. The van der Waals surface area contributed by atoms with Crippen LogP contribution in [0.2, 0.25) is 5.02 Å². The molecule has 27 heavy (non-hydrogen) atoms. The van der Waals surface area contributed by atoms with Crippen molar-refractivity contribution in [2.45, 2.75) is 38.5 Å². The first-order valence-electron chi connectivity index (χ1n) is 9.16. The van der Waals surface area contributed by atoms with E-state index in [2.05, 4.69) is 5.32 Å². The van der Waals surface area contributed by atoms with Gasteiger partial charge >= 0.3 is 6.03 Å². The van der Waals surface area contributed by atoms with E-state index in [1.165, 1.54) is 0 Å². The van der Waals surface area contributed by atoms with E-state index in [0.717, 1.165) is 24.1 Å². The van der Waals surface area contributed by atoms with Crippen molar-refractivity contribution in [2.75, 3.05) is 13.1 Å². The van der Waals surface area contributed by atoms with Gasteiger partial charge in [0, 0.05) is 29.4 Å². The summed E-state index contributed by atoms with van der Waals surface area (Å²) in [6.07, 6.45) is 2.06. The molecule has 2 heterocycles. The zero-order valence-corrected chi connectivity index (χ0v) is 15.9. The molecule has 0 spiro atoms. The SMILES string of the molecule is Cc1cc(OC2CN(C(=O)NCc3ccc(Cl)cc3)C2)cc(=O)n1C1CC1. The van der Waals surface area contributed by atoms with Crippen molar-refractivity contribution < 1.29 is 9.53 Å². The van der Waals surface area contributed by atoms with Gasteiger partial charge in [0.25, 0.3) is 5.56 Å². The predicted octanol–water partition coefficient (Wildman–Crippen LogP) is 3.12. The molecule has 1 N–H and O–H groups in total. The summed E-state index contributed by atoms with van der Waals surface area (Å²) >= 11 is 5.86. The van der Waals surface area contributed by atoms with Gasteiger partial charge in [-0.05, 0) is 43.5 Å². The molecule has 2 fully saturated rings. The minimum atomic E-state index is -0.120. The van der Waals surface area contributed by atoms with Crippen LogP contribution in [0, 0.1) is 6.92 Å². The molecule has 0 radical (unpaired) electrons.